The van der Waals surface area contributed by atoms with Gasteiger partial charge in [0.25, 0.3) is 0 Å². The van der Waals surface area contributed by atoms with Gasteiger partial charge in [-0.15, -0.1) is 0 Å². The molecule has 0 atom stereocenters. The standard InChI is InChI=1S/C19H18BrN3O3/c20-15-5-1-14(2-6-15)12-26-17-9-3-13(4-10-17)11-21-23-19(25)18(24)22-16-7-8-16/h1-6,9-11,16H,7-8,12H2,(H,22,24)(H,23,25)/b21-11-. The van der Waals surface area contributed by atoms with Crippen LogP contribution in [0, 0.1) is 0 Å². The molecule has 1 saturated carbocycles. The normalized spacial score (nSPS) is 13.4. The van der Waals surface area contributed by atoms with Crippen molar-refractivity contribution < 1.29 is 14.3 Å². The first kappa shape index (κ1) is 18.1. The zero-order valence-corrected chi connectivity index (χ0v) is 15.5. The average Bonchev–Trinajstić information content (AvgIpc) is 3.46. The van der Waals surface area contributed by atoms with Gasteiger partial charge in [0, 0.05) is 10.5 Å². The number of nitrogens with zero attached hydrogens (tertiary/aromatic N) is 1. The molecular formula is C19H18BrN3O3. The summed E-state index contributed by atoms with van der Waals surface area (Å²) in [6.07, 6.45) is 3.33. The van der Waals surface area contributed by atoms with Crippen molar-refractivity contribution in [2.75, 3.05) is 0 Å². The van der Waals surface area contributed by atoms with E-state index in [0.29, 0.717) is 6.61 Å². The van der Waals surface area contributed by atoms with E-state index in [1.165, 1.54) is 6.21 Å². The van der Waals surface area contributed by atoms with Crippen molar-refractivity contribution in [2.45, 2.75) is 25.5 Å². The van der Waals surface area contributed by atoms with Gasteiger partial charge in [-0.1, -0.05) is 28.1 Å². The number of rotatable bonds is 6. The summed E-state index contributed by atoms with van der Waals surface area (Å²) in [7, 11) is 0. The van der Waals surface area contributed by atoms with Gasteiger partial charge in [0.1, 0.15) is 12.4 Å². The van der Waals surface area contributed by atoms with E-state index in [0.717, 1.165) is 34.2 Å². The maximum absolute atomic E-state index is 11.5. The van der Waals surface area contributed by atoms with E-state index in [1.807, 2.05) is 48.5 Å². The molecule has 134 valence electrons. The molecule has 2 amide bonds. The fraction of sp³-hybridized carbons (Fsp3) is 0.211. The van der Waals surface area contributed by atoms with Gasteiger partial charge in [-0.2, -0.15) is 5.10 Å². The molecule has 0 aromatic heterocycles. The van der Waals surface area contributed by atoms with Crippen molar-refractivity contribution in [1.82, 2.24) is 10.7 Å². The monoisotopic (exact) mass is 415 g/mol. The Labute approximate surface area is 159 Å². The number of carbonyl (C=O) groups is 2. The number of carbonyl (C=O) groups excluding carboxylic acids is 2. The lowest BCUT2D eigenvalue weighted by atomic mass is 10.2. The summed E-state index contributed by atoms with van der Waals surface area (Å²) >= 11 is 3.40. The van der Waals surface area contributed by atoms with Crippen LogP contribution in [-0.4, -0.2) is 24.1 Å². The molecule has 2 aromatic rings. The molecule has 6 nitrogen and oxygen atoms in total. The highest BCUT2D eigenvalue weighted by atomic mass is 79.9. The van der Waals surface area contributed by atoms with Crippen molar-refractivity contribution in [3.8, 4) is 5.75 Å². The maximum Gasteiger partial charge on any atom is 0.329 e. The number of amides is 2. The Hall–Kier alpha value is -2.67. The van der Waals surface area contributed by atoms with Crippen LogP contribution in [0.25, 0.3) is 0 Å². The predicted molar refractivity (Wildman–Crippen MR) is 102 cm³/mol. The second kappa shape index (κ2) is 8.62. The molecule has 3 rings (SSSR count). The van der Waals surface area contributed by atoms with Crippen molar-refractivity contribution in [1.29, 1.82) is 0 Å². The Bertz CT molecular complexity index is 800. The van der Waals surface area contributed by atoms with Crippen LogP contribution in [0.1, 0.15) is 24.0 Å². The Morgan fingerprint density at radius 3 is 2.42 bits per heavy atom. The molecule has 2 aromatic carbocycles. The third-order valence-electron chi connectivity index (χ3n) is 3.70. The van der Waals surface area contributed by atoms with E-state index in [1.54, 1.807) is 0 Å². The minimum absolute atomic E-state index is 0.141. The Morgan fingerprint density at radius 1 is 1.08 bits per heavy atom. The number of hydrogen-bond donors (Lipinski definition) is 2. The van der Waals surface area contributed by atoms with Gasteiger partial charge >= 0.3 is 11.8 Å². The summed E-state index contributed by atoms with van der Waals surface area (Å²) in [6, 6.07) is 15.3. The van der Waals surface area contributed by atoms with Crippen LogP contribution in [0.3, 0.4) is 0 Å². The number of benzene rings is 2. The van der Waals surface area contributed by atoms with Gasteiger partial charge in [-0.25, -0.2) is 5.43 Å². The Morgan fingerprint density at radius 2 is 1.77 bits per heavy atom. The van der Waals surface area contributed by atoms with E-state index in [4.69, 9.17) is 4.74 Å². The minimum Gasteiger partial charge on any atom is -0.489 e. The quantitative estimate of drug-likeness (QED) is 0.432. The van der Waals surface area contributed by atoms with Crippen LogP contribution in [0.5, 0.6) is 5.75 Å². The van der Waals surface area contributed by atoms with E-state index >= 15 is 0 Å². The van der Waals surface area contributed by atoms with Gasteiger partial charge in [-0.3, -0.25) is 9.59 Å². The summed E-state index contributed by atoms with van der Waals surface area (Å²) in [6.45, 7) is 0.479. The number of hydrazone groups is 1. The van der Waals surface area contributed by atoms with Gasteiger partial charge < -0.3 is 10.1 Å². The zero-order valence-electron chi connectivity index (χ0n) is 13.9. The highest BCUT2D eigenvalue weighted by Gasteiger charge is 2.26. The zero-order chi connectivity index (χ0) is 18.4. The van der Waals surface area contributed by atoms with E-state index in [2.05, 4.69) is 31.8 Å². The van der Waals surface area contributed by atoms with Crippen LogP contribution in [0.2, 0.25) is 0 Å². The fourth-order valence-electron chi connectivity index (χ4n) is 2.09. The van der Waals surface area contributed by atoms with Crippen molar-refractivity contribution in [3.63, 3.8) is 0 Å². The number of ether oxygens (including phenoxy) is 1. The van der Waals surface area contributed by atoms with E-state index < -0.39 is 11.8 Å². The van der Waals surface area contributed by atoms with Gasteiger partial charge in [0.05, 0.1) is 6.21 Å². The molecule has 0 bridgehead atoms. The lowest BCUT2D eigenvalue weighted by molar-refractivity contribution is -0.139. The molecule has 7 heteroatoms. The third kappa shape index (κ3) is 5.70. The molecule has 0 saturated heterocycles. The summed E-state index contributed by atoms with van der Waals surface area (Å²) in [5.41, 5.74) is 4.07. The number of hydrogen-bond acceptors (Lipinski definition) is 4. The Balaban J connectivity index is 1.45. The molecular weight excluding hydrogens is 398 g/mol. The van der Waals surface area contributed by atoms with Crippen LogP contribution in [0.4, 0.5) is 0 Å². The van der Waals surface area contributed by atoms with Crippen molar-refractivity contribution in [3.05, 3.63) is 64.1 Å². The van der Waals surface area contributed by atoms with E-state index in [9.17, 15) is 9.59 Å². The third-order valence-corrected chi connectivity index (χ3v) is 4.23. The van der Waals surface area contributed by atoms with Crippen molar-refractivity contribution >= 4 is 34.0 Å². The van der Waals surface area contributed by atoms with Crippen LogP contribution < -0.4 is 15.5 Å². The van der Waals surface area contributed by atoms with Gasteiger partial charge in [0.15, 0.2) is 0 Å². The smallest absolute Gasteiger partial charge is 0.329 e. The molecule has 0 unspecified atom stereocenters. The summed E-state index contributed by atoms with van der Waals surface area (Å²) in [4.78, 5) is 23.0. The highest BCUT2D eigenvalue weighted by Crippen LogP contribution is 2.18. The summed E-state index contributed by atoms with van der Waals surface area (Å²) in [5.74, 6) is -0.679. The fourth-order valence-corrected chi connectivity index (χ4v) is 2.36. The molecule has 1 aliphatic carbocycles. The number of nitrogens with one attached hydrogen (secondary N) is 2. The first-order valence-electron chi connectivity index (χ1n) is 8.21. The second-order valence-corrected chi connectivity index (χ2v) is 6.85. The molecule has 0 spiro atoms. The topological polar surface area (TPSA) is 79.8 Å². The first-order valence-corrected chi connectivity index (χ1v) is 9.00. The first-order chi connectivity index (χ1) is 12.6. The van der Waals surface area contributed by atoms with Crippen molar-refractivity contribution in [2.24, 2.45) is 5.10 Å². The lowest BCUT2D eigenvalue weighted by Crippen LogP contribution is -2.38. The van der Waals surface area contributed by atoms with Crippen LogP contribution in [-0.2, 0) is 16.2 Å². The van der Waals surface area contributed by atoms with Crippen LogP contribution in [0.15, 0.2) is 58.1 Å². The Kier molecular flexibility index (Phi) is 6.01. The molecule has 1 fully saturated rings. The molecule has 0 radical (unpaired) electrons. The van der Waals surface area contributed by atoms with E-state index in [-0.39, 0.29) is 6.04 Å². The average molecular weight is 416 g/mol. The minimum atomic E-state index is -0.761. The second-order valence-electron chi connectivity index (χ2n) is 5.93. The summed E-state index contributed by atoms with van der Waals surface area (Å²) in [5, 5.41) is 6.39. The number of halogens is 1. The molecule has 26 heavy (non-hydrogen) atoms. The maximum atomic E-state index is 11.5. The van der Waals surface area contributed by atoms with Gasteiger partial charge in [0.2, 0.25) is 0 Å². The summed E-state index contributed by atoms with van der Waals surface area (Å²) < 4.78 is 6.75. The predicted octanol–water partition coefficient (Wildman–Crippen LogP) is 2.76. The molecule has 0 heterocycles. The molecule has 0 aliphatic heterocycles. The van der Waals surface area contributed by atoms with Crippen LogP contribution >= 0.6 is 15.9 Å². The van der Waals surface area contributed by atoms with Gasteiger partial charge in [-0.05, 0) is 60.4 Å². The molecule has 1 aliphatic rings. The molecule has 2 N–H and O–H groups in total. The largest absolute Gasteiger partial charge is 0.489 e. The highest BCUT2D eigenvalue weighted by molar-refractivity contribution is 9.10. The SMILES string of the molecule is O=C(N/N=C\c1ccc(OCc2ccc(Br)cc2)cc1)C(=O)NC1CC1. The lowest BCUT2D eigenvalue weighted by Gasteiger charge is -2.06.